The smallest absolute Gasteiger partial charge is 0.501 e. The molecule has 3 unspecified atom stereocenters. The fourth-order valence-corrected chi connectivity index (χ4v) is 5.19. The molecule has 9 nitrogen and oxygen atoms in total. The third-order valence-electron chi connectivity index (χ3n) is 7.34. The van der Waals surface area contributed by atoms with Gasteiger partial charge in [0.15, 0.2) is 11.9 Å². The summed E-state index contributed by atoms with van der Waals surface area (Å²) in [6.07, 6.45) is -0.593. The zero-order valence-corrected chi connectivity index (χ0v) is 22.4. The van der Waals surface area contributed by atoms with E-state index in [1.54, 1.807) is 55.6 Å². The van der Waals surface area contributed by atoms with Crippen molar-refractivity contribution in [3.63, 3.8) is 0 Å². The number of carbonyl (C=O) groups excluding carboxylic acids is 2. The lowest BCUT2D eigenvalue weighted by atomic mass is 9.92. The van der Waals surface area contributed by atoms with Crippen molar-refractivity contribution < 1.29 is 43.2 Å². The predicted molar refractivity (Wildman–Crippen MR) is 146 cm³/mol. The lowest BCUT2D eigenvalue weighted by molar-refractivity contribution is -0.0161. The van der Waals surface area contributed by atoms with Crippen LogP contribution in [-0.2, 0) is 18.9 Å². The Hall–Kier alpha value is -4.21. The molecule has 0 bridgehead atoms. The number of esters is 1. The van der Waals surface area contributed by atoms with E-state index in [4.69, 9.17) is 28.8 Å². The Balaban J connectivity index is 1.20. The molecule has 4 atom stereocenters. The van der Waals surface area contributed by atoms with Crippen molar-refractivity contribution >= 4 is 34.8 Å². The maximum absolute atomic E-state index is 13.1. The van der Waals surface area contributed by atoms with E-state index in [0.717, 1.165) is 27.7 Å². The molecule has 2 heterocycles. The molecule has 2 aliphatic rings. The summed E-state index contributed by atoms with van der Waals surface area (Å²) in [4.78, 5) is 36.8. The second-order valence-corrected chi connectivity index (χ2v) is 10.0. The predicted octanol–water partition coefficient (Wildman–Crippen LogP) is 5.42. The van der Waals surface area contributed by atoms with E-state index in [-0.39, 0.29) is 36.6 Å². The maximum atomic E-state index is 13.1. The summed E-state index contributed by atoms with van der Waals surface area (Å²) in [6, 6.07) is 15.5. The first-order valence-corrected chi connectivity index (χ1v) is 13.0. The van der Waals surface area contributed by atoms with Crippen molar-refractivity contribution in [1.29, 1.82) is 0 Å². The molecule has 3 aromatic carbocycles. The Bertz CT molecular complexity index is 1490. The highest BCUT2D eigenvalue weighted by Crippen LogP contribution is 2.36. The van der Waals surface area contributed by atoms with Gasteiger partial charge in [-0.15, -0.1) is 0 Å². The Morgan fingerprint density at radius 1 is 0.950 bits per heavy atom. The van der Waals surface area contributed by atoms with Crippen molar-refractivity contribution in [3.8, 4) is 5.75 Å². The maximum Gasteiger partial charge on any atom is 0.511 e. The van der Waals surface area contributed by atoms with Gasteiger partial charge in [-0.25, -0.2) is 9.59 Å². The Labute approximate surface area is 231 Å². The van der Waals surface area contributed by atoms with Crippen molar-refractivity contribution in [1.82, 2.24) is 0 Å². The number of hydrogen-bond acceptors (Lipinski definition) is 8. The van der Waals surface area contributed by atoms with Crippen molar-refractivity contribution in [2.24, 2.45) is 5.92 Å². The van der Waals surface area contributed by atoms with Crippen LogP contribution in [0.4, 0.5) is 4.79 Å². The Morgan fingerprint density at radius 3 is 2.42 bits per heavy atom. The first-order valence-electron chi connectivity index (χ1n) is 13.0. The van der Waals surface area contributed by atoms with Crippen LogP contribution >= 0.6 is 0 Å². The summed E-state index contributed by atoms with van der Waals surface area (Å²) in [6.45, 7) is 4.31. The number of carbonyl (C=O) groups is 3. The SMILES string of the molecule is CO/C(C)=C/c1ccc(C(=O)O[C@@H]2COC3C(CC(=O)c4ccc5cc(OC(=O)O)ccc5c4)COC32)cc1C. The zero-order chi connectivity index (χ0) is 28.4. The lowest BCUT2D eigenvalue weighted by Gasteiger charge is -2.17. The standard InChI is InChI=1S/C31H30O9/c1-17-10-23(7-4-19(17)11-18(2)36-3)30(33)40-27-16-38-28-24(15-37-29(27)28)14-26(32)22-6-5-21-13-25(39-31(34)35)9-8-20(21)12-22/h4-13,24,27-29H,14-16H2,1-3H3,(H,34,35)/b18-11+/t24?,27-,28?,29?/m1/s1. The van der Waals surface area contributed by atoms with Crippen LogP contribution in [0.25, 0.3) is 16.8 Å². The van der Waals surface area contributed by atoms with E-state index in [2.05, 4.69) is 0 Å². The fourth-order valence-electron chi connectivity index (χ4n) is 5.19. The fraction of sp³-hybridized carbons (Fsp3) is 0.323. The second-order valence-electron chi connectivity index (χ2n) is 10.0. The largest absolute Gasteiger partial charge is 0.511 e. The van der Waals surface area contributed by atoms with Crippen LogP contribution in [0, 0.1) is 12.8 Å². The summed E-state index contributed by atoms with van der Waals surface area (Å²) in [7, 11) is 1.61. The summed E-state index contributed by atoms with van der Waals surface area (Å²) in [5.41, 5.74) is 2.86. The Morgan fingerprint density at radius 2 is 1.68 bits per heavy atom. The van der Waals surface area contributed by atoms with Gasteiger partial charge in [0.25, 0.3) is 0 Å². The van der Waals surface area contributed by atoms with E-state index in [9.17, 15) is 14.4 Å². The summed E-state index contributed by atoms with van der Waals surface area (Å²) in [5, 5.41) is 10.4. The molecule has 0 spiro atoms. The molecule has 3 aromatic rings. The van der Waals surface area contributed by atoms with Gasteiger partial charge in [-0.1, -0.05) is 24.3 Å². The van der Waals surface area contributed by atoms with Gasteiger partial charge in [0.2, 0.25) is 0 Å². The first-order chi connectivity index (χ1) is 19.2. The van der Waals surface area contributed by atoms with Crippen LogP contribution in [0.2, 0.25) is 0 Å². The molecule has 2 aliphatic heterocycles. The van der Waals surface area contributed by atoms with Crippen LogP contribution in [0.15, 0.2) is 60.4 Å². The van der Waals surface area contributed by atoms with Crippen molar-refractivity contribution in [2.45, 2.75) is 38.6 Å². The minimum Gasteiger partial charge on any atom is -0.501 e. The average Bonchev–Trinajstić information content (AvgIpc) is 3.52. The van der Waals surface area contributed by atoms with Crippen LogP contribution in [0.5, 0.6) is 5.75 Å². The van der Waals surface area contributed by atoms with E-state index in [0.29, 0.717) is 17.7 Å². The van der Waals surface area contributed by atoms with Gasteiger partial charge in [0.05, 0.1) is 37.8 Å². The molecule has 40 heavy (non-hydrogen) atoms. The van der Waals surface area contributed by atoms with Crippen LogP contribution in [-0.4, -0.2) is 61.6 Å². The molecule has 9 heteroatoms. The van der Waals surface area contributed by atoms with Crippen LogP contribution in [0.1, 0.15) is 45.2 Å². The van der Waals surface area contributed by atoms with Crippen molar-refractivity contribution in [2.75, 3.05) is 20.3 Å². The van der Waals surface area contributed by atoms with E-state index < -0.39 is 24.3 Å². The molecule has 2 saturated heterocycles. The van der Waals surface area contributed by atoms with E-state index in [1.165, 1.54) is 0 Å². The molecule has 0 amide bonds. The van der Waals surface area contributed by atoms with Gasteiger partial charge in [-0.3, -0.25) is 4.79 Å². The van der Waals surface area contributed by atoms with Gasteiger partial charge in [0, 0.05) is 17.9 Å². The summed E-state index contributed by atoms with van der Waals surface area (Å²) in [5.74, 6) is 0.303. The number of ether oxygens (including phenoxy) is 5. The molecule has 0 radical (unpaired) electrons. The number of Topliss-reactive ketones (excluding diaryl/α,β-unsaturated/α-hetero) is 1. The highest BCUT2D eigenvalue weighted by atomic mass is 16.7. The van der Waals surface area contributed by atoms with Gasteiger partial charge < -0.3 is 28.8 Å². The third-order valence-corrected chi connectivity index (χ3v) is 7.34. The van der Waals surface area contributed by atoms with Gasteiger partial charge in [0.1, 0.15) is 11.9 Å². The molecule has 0 aliphatic carbocycles. The molecule has 5 rings (SSSR count). The topological polar surface area (TPSA) is 118 Å². The quantitative estimate of drug-likeness (QED) is 0.171. The third kappa shape index (κ3) is 5.85. The molecule has 1 N–H and O–H groups in total. The number of carboxylic acid groups (broad SMARTS) is 1. The highest BCUT2D eigenvalue weighted by molar-refractivity contribution is 6.00. The second kappa shape index (κ2) is 11.5. The first kappa shape index (κ1) is 27.4. The molecule has 2 fully saturated rings. The van der Waals surface area contributed by atoms with Gasteiger partial charge in [-0.05, 0) is 72.2 Å². The van der Waals surface area contributed by atoms with Crippen LogP contribution in [0.3, 0.4) is 0 Å². The number of aryl methyl sites for hydroxylation is 1. The van der Waals surface area contributed by atoms with Gasteiger partial charge in [-0.2, -0.15) is 0 Å². The number of allylic oxidation sites excluding steroid dienone is 1. The monoisotopic (exact) mass is 546 g/mol. The molecular weight excluding hydrogens is 516 g/mol. The number of hydrogen-bond donors (Lipinski definition) is 1. The number of ketones is 1. The molecule has 0 aromatic heterocycles. The van der Waals surface area contributed by atoms with E-state index in [1.807, 2.05) is 26.0 Å². The lowest BCUT2D eigenvalue weighted by Crippen LogP contribution is -2.33. The number of fused-ring (bicyclic) bond motifs is 2. The van der Waals surface area contributed by atoms with Crippen molar-refractivity contribution in [3.05, 3.63) is 82.6 Å². The highest BCUT2D eigenvalue weighted by Gasteiger charge is 2.49. The average molecular weight is 547 g/mol. The zero-order valence-electron chi connectivity index (χ0n) is 22.4. The number of methoxy groups -OCH3 is 1. The normalized spacial score (nSPS) is 22.1. The minimum absolute atomic E-state index is 0.0561. The minimum atomic E-state index is -1.38. The molecular formula is C31H30O9. The number of benzene rings is 3. The number of rotatable bonds is 8. The summed E-state index contributed by atoms with van der Waals surface area (Å²) >= 11 is 0. The molecule has 208 valence electrons. The Kier molecular flexibility index (Phi) is 7.86. The van der Waals surface area contributed by atoms with Crippen LogP contribution < -0.4 is 4.74 Å². The van der Waals surface area contributed by atoms with E-state index >= 15 is 0 Å². The van der Waals surface area contributed by atoms with Gasteiger partial charge >= 0.3 is 12.1 Å². The summed E-state index contributed by atoms with van der Waals surface area (Å²) < 4.78 is 27.6. The molecule has 0 saturated carbocycles.